The number of amides is 2. The van der Waals surface area contributed by atoms with Crippen molar-refractivity contribution in [2.45, 2.75) is 25.7 Å². The third-order valence-electron chi connectivity index (χ3n) is 6.02. The summed E-state index contributed by atoms with van der Waals surface area (Å²) < 4.78 is 18.7. The van der Waals surface area contributed by atoms with Crippen LogP contribution in [0.5, 0.6) is 5.88 Å². The highest BCUT2D eigenvalue weighted by atomic mass is 19.1. The summed E-state index contributed by atoms with van der Waals surface area (Å²) in [7, 11) is 0. The molecule has 1 atom stereocenters. The van der Waals surface area contributed by atoms with Crippen LogP contribution in [0.15, 0.2) is 42.9 Å². The van der Waals surface area contributed by atoms with Crippen molar-refractivity contribution in [3.05, 3.63) is 54.2 Å². The molecule has 2 aliphatic rings. The van der Waals surface area contributed by atoms with Gasteiger partial charge in [0.2, 0.25) is 17.7 Å². The van der Waals surface area contributed by atoms with Gasteiger partial charge >= 0.3 is 0 Å². The summed E-state index contributed by atoms with van der Waals surface area (Å²) in [6.07, 6.45) is 7.31. The first kappa shape index (κ1) is 21.2. The zero-order valence-corrected chi connectivity index (χ0v) is 17.5. The van der Waals surface area contributed by atoms with Crippen LogP contribution in [0.2, 0.25) is 0 Å². The molecule has 2 saturated heterocycles. The van der Waals surface area contributed by atoms with E-state index in [0.29, 0.717) is 50.9 Å². The van der Waals surface area contributed by atoms with Crippen LogP contribution in [0.3, 0.4) is 0 Å². The summed E-state index contributed by atoms with van der Waals surface area (Å²) in [6, 6.07) is 6.08. The number of hydrogen-bond acceptors (Lipinski definition) is 5. The molecule has 7 nitrogen and oxygen atoms in total. The molecule has 31 heavy (non-hydrogen) atoms. The fraction of sp³-hybridized carbons (Fsp3) is 0.478. The standard InChI is InChI=1S/C23H27FN4O3/c24-20-3-1-17(2-4-20)11-22(29)27-9-5-18(6-10-27)14-28-15-19(12-23(28)30)16-31-21-13-25-7-8-26-21/h1-4,7-8,13,18-19H,5-6,9-12,14-16H2. The zero-order valence-electron chi connectivity index (χ0n) is 17.5. The first-order valence-electron chi connectivity index (χ1n) is 10.8. The van der Waals surface area contributed by atoms with E-state index in [2.05, 4.69) is 9.97 Å². The van der Waals surface area contributed by atoms with Gasteiger partial charge < -0.3 is 14.5 Å². The fourth-order valence-electron chi connectivity index (χ4n) is 4.27. The normalized spacial score (nSPS) is 19.6. The SMILES string of the molecule is O=C(Cc1ccc(F)cc1)N1CCC(CN2CC(COc3cnccn3)CC2=O)CC1. The molecule has 4 rings (SSSR count). The molecule has 2 fully saturated rings. The molecule has 8 heteroatoms. The van der Waals surface area contributed by atoms with Gasteiger partial charge in [-0.05, 0) is 36.5 Å². The van der Waals surface area contributed by atoms with Gasteiger partial charge in [-0.25, -0.2) is 9.37 Å². The fourth-order valence-corrected chi connectivity index (χ4v) is 4.27. The predicted octanol–water partition coefficient (Wildman–Crippen LogP) is 2.32. The third kappa shape index (κ3) is 5.77. The topological polar surface area (TPSA) is 75.6 Å². The number of ether oxygens (including phenoxy) is 1. The van der Waals surface area contributed by atoms with Crippen molar-refractivity contribution in [3.8, 4) is 5.88 Å². The minimum absolute atomic E-state index is 0.0727. The van der Waals surface area contributed by atoms with E-state index in [9.17, 15) is 14.0 Å². The van der Waals surface area contributed by atoms with Crippen LogP contribution in [0, 0.1) is 17.7 Å². The Morgan fingerprint density at radius 3 is 2.61 bits per heavy atom. The number of halogens is 1. The maximum absolute atomic E-state index is 13.0. The van der Waals surface area contributed by atoms with E-state index in [-0.39, 0.29) is 23.5 Å². The first-order valence-corrected chi connectivity index (χ1v) is 10.8. The number of carbonyl (C=O) groups excluding carboxylic acids is 2. The second kappa shape index (κ2) is 9.85. The number of aromatic nitrogens is 2. The van der Waals surface area contributed by atoms with E-state index in [1.165, 1.54) is 12.1 Å². The molecule has 0 radical (unpaired) electrons. The molecule has 164 valence electrons. The summed E-state index contributed by atoms with van der Waals surface area (Å²) in [5.74, 6) is 0.985. The van der Waals surface area contributed by atoms with Gasteiger partial charge in [0.15, 0.2) is 0 Å². The summed E-state index contributed by atoms with van der Waals surface area (Å²) in [4.78, 5) is 36.8. The van der Waals surface area contributed by atoms with Crippen LogP contribution in [0.1, 0.15) is 24.8 Å². The Kier molecular flexibility index (Phi) is 6.74. The second-order valence-corrected chi connectivity index (χ2v) is 8.35. The minimum atomic E-state index is -0.295. The molecule has 0 saturated carbocycles. The Bertz CT molecular complexity index is 885. The monoisotopic (exact) mass is 426 g/mol. The molecule has 2 amide bonds. The maximum Gasteiger partial charge on any atom is 0.232 e. The Balaban J connectivity index is 1.19. The first-order chi connectivity index (χ1) is 15.1. The van der Waals surface area contributed by atoms with Gasteiger partial charge in [0.25, 0.3) is 0 Å². The van der Waals surface area contributed by atoms with Gasteiger partial charge in [-0.3, -0.25) is 14.6 Å². The molecular formula is C23H27FN4O3. The van der Waals surface area contributed by atoms with Crippen molar-refractivity contribution in [2.24, 2.45) is 11.8 Å². The molecule has 0 N–H and O–H groups in total. The highest BCUT2D eigenvalue weighted by Crippen LogP contribution is 2.24. The average molecular weight is 426 g/mol. The van der Waals surface area contributed by atoms with Gasteiger partial charge in [-0.2, -0.15) is 0 Å². The summed E-state index contributed by atoms with van der Waals surface area (Å²) >= 11 is 0. The van der Waals surface area contributed by atoms with E-state index in [0.717, 1.165) is 24.9 Å². The molecule has 1 aromatic heterocycles. The Morgan fingerprint density at radius 2 is 1.90 bits per heavy atom. The molecule has 3 heterocycles. The molecular weight excluding hydrogens is 399 g/mol. The van der Waals surface area contributed by atoms with Crippen molar-refractivity contribution in [1.29, 1.82) is 0 Å². The lowest BCUT2D eigenvalue weighted by Crippen LogP contribution is -2.42. The predicted molar refractivity (Wildman–Crippen MR) is 112 cm³/mol. The van der Waals surface area contributed by atoms with E-state index in [4.69, 9.17) is 4.74 Å². The zero-order chi connectivity index (χ0) is 21.6. The molecule has 0 bridgehead atoms. The smallest absolute Gasteiger partial charge is 0.232 e. The van der Waals surface area contributed by atoms with Crippen molar-refractivity contribution in [2.75, 3.05) is 32.8 Å². The lowest BCUT2D eigenvalue weighted by Gasteiger charge is -2.34. The number of nitrogens with zero attached hydrogens (tertiary/aromatic N) is 4. The molecule has 1 unspecified atom stereocenters. The van der Waals surface area contributed by atoms with Crippen LogP contribution in [0.25, 0.3) is 0 Å². The summed E-state index contributed by atoms with van der Waals surface area (Å²) in [5, 5.41) is 0. The second-order valence-electron chi connectivity index (χ2n) is 8.35. The van der Waals surface area contributed by atoms with Crippen molar-refractivity contribution >= 4 is 11.8 Å². The Labute approximate surface area is 181 Å². The number of carbonyl (C=O) groups is 2. The van der Waals surface area contributed by atoms with E-state index in [1.807, 2.05) is 9.80 Å². The summed E-state index contributed by atoms with van der Waals surface area (Å²) in [6.45, 7) is 3.29. The highest BCUT2D eigenvalue weighted by molar-refractivity contribution is 5.79. The van der Waals surface area contributed by atoms with Crippen LogP contribution in [-0.4, -0.2) is 64.4 Å². The molecule has 1 aromatic carbocycles. The van der Waals surface area contributed by atoms with Crippen LogP contribution >= 0.6 is 0 Å². The van der Waals surface area contributed by atoms with Crippen LogP contribution in [-0.2, 0) is 16.0 Å². The van der Waals surface area contributed by atoms with Gasteiger partial charge in [0.1, 0.15) is 5.82 Å². The number of benzene rings is 1. The number of rotatable bonds is 7. The Hall–Kier alpha value is -3.03. The number of likely N-dealkylation sites (tertiary alicyclic amines) is 2. The van der Waals surface area contributed by atoms with Gasteiger partial charge in [-0.1, -0.05) is 12.1 Å². The van der Waals surface area contributed by atoms with Crippen molar-refractivity contribution in [3.63, 3.8) is 0 Å². The quantitative estimate of drug-likeness (QED) is 0.679. The lowest BCUT2D eigenvalue weighted by molar-refractivity contribution is -0.133. The van der Waals surface area contributed by atoms with E-state index < -0.39 is 0 Å². The van der Waals surface area contributed by atoms with E-state index >= 15 is 0 Å². The van der Waals surface area contributed by atoms with Gasteiger partial charge in [-0.15, -0.1) is 0 Å². The maximum atomic E-state index is 13.0. The lowest BCUT2D eigenvalue weighted by atomic mass is 9.95. The molecule has 0 spiro atoms. The number of hydrogen-bond donors (Lipinski definition) is 0. The van der Waals surface area contributed by atoms with Crippen molar-refractivity contribution < 1.29 is 18.7 Å². The number of piperidine rings is 1. The van der Waals surface area contributed by atoms with Crippen LogP contribution < -0.4 is 4.74 Å². The largest absolute Gasteiger partial charge is 0.476 e. The highest BCUT2D eigenvalue weighted by Gasteiger charge is 2.33. The van der Waals surface area contributed by atoms with Gasteiger partial charge in [0, 0.05) is 50.9 Å². The Morgan fingerprint density at radius 1 is 1.13 bits per heavy atom. The van der Waals surface area contributed by atoms with E-state index in [1.54, 1.807) is 30.7 Å². The average Bonchev–Trinajstić information content (AvgIpc) is 3.14. The molecule has 0 aliphatic carbocycles. The van der Waals surface area contributed by atoms with Gasteiger partial charge in [0.05, 0.1) is 19.2 Å². The third-order valence-corrected chi connectivity index (χ3v) is 6.02. The van der Waals surface area contributed by atoms with Crippen LogP contribution in [0.4, 0.5) is 4.39 Å². The van der Waals surface area contributed by atoms with Crippen molar-refractivity contribution in [1.82, 2.24) is 19.8 Å². The molecule has 2 aliphatic heterocycles. The summed E-state index contributed by atoms with van der Waals surface area (Å²) in [5.41, 5.74) is 0.825. The minimum Gasteiger partial charge on any atom is -0.476 e. The molecule has 2 aromatic rings.